The largest absolute Gasteiger partial charge is 0.497 e. The summed E-state index contributed by atoms with van der Waals surface area (Å²) in [5.41, 5.74) is 1.86. The Morgan fingerprint density at radius 1 is 1.03 bits per heavy atom. The molecule has 2 aromatic carbocycles. The predicted octanol–water partition coefficient (Wildman–Crippen LogP) is 3.38. The Bertz CT molecular complexity index is 1240. The Kier molecular flexibility index (Phi) is 6.50. The molecule has 2 heterocycles. The number of hydrogen-bond donors (Lipinski definition) is 1. The molecule has 0 saturated carbocycles. The average molecular weight is 498 g/mol. The Labute approximate surface area is 192 Å². The quantitative estimate of drug-likeness (QED) is 0.372. The lowest BCUT2D eigenvalue weighted by Gasteiger charge is -2.10. The fraction of sp³-hybridized carbons (Fsp3) is 0.182. The lowest BCUT2D eigenvalue weighted by Crippen LogP contribution is -2.28. The van der Waals surface area contributed by atoms with Crippen molar-refractivity contribution in [2.45, 2.75) is 0 Å². The number of aromatic nitrogens is 4. The molecule has 164 valence electrons. The molecule has 10 heteroatoms. The highest BCUT2D eigenvalue weighted by molar-refractivity contribution is 9.10. The van der Waals surface area contributed by atoms with Crippen LogP contribution in [0, 0.1) is 0 Å². The van der Waals surface area contributed by atoms with Gasteiger partial charge in [-0.2, -0.15) is 4.52 Å². The van der Waals surface area contributed by atoms with Crippen molar-refractivity contribution in [2.24, 2.45) is 0 Å². The molecule has 0 aliphatic carbocycles. The molecule has 0 atom stereocenters. The Morgan fingerprint density at radius 2 is 1.84 bits per heavy atom. The van der Waals surface area contributed by atoms with Crippen LogP contribution in [0.2, 0.25) is 0 Å². The molecule has 1 amide bonds. The van der Waals surface area contributed by atoms with Gasteiger partial charge in [0.1, 0.15) is 18.1 Å². The van der Waals surface area contributed by atoms with Gasteiger partial charge in [0.15, 0.2) is 11.5 Å². The Morgan fingerprint density at radius 3 is 2.59 bits per heavy atom. The van der Waals surface area contributed by atoms with Crippen molar-refractivity contribution in [1.82, 2.24) is 25.1 Å². The van der Waals surface area contributed by atoms with E-state index < -0.39 is 0 Å². The van der Waals surface area contributed by atoms with Crippen LogP contribution in [-0.4, -0.2) is 53.1 Å². The molecule has 9 nitrogen and oxygen atoms in total. The first kappa shape index (κ1) is 21.6. The monoisotopic (exact) mass is 497 g/mol. The number of ether oxygens (including phenoxy) is 3. The van der Waals surface area contributed by atoms with Crippen molar-refractivity contribution >= 4 is 27.5 Å². The highest BCUT2D eigenvalue weighted by atomic mass is 79.9. The van der Waals surface area contributed by atoms with E-state index in [2.05, 4.69) is 36.5 Å². The van der Waals surface area contributed by atoms with Gasteiger partial charge < -0.3 is 19.5 Å². The van der Waals surface area contributed by atoms with Gasteiger partial charge in [0, 0.05) is 22.2 Å². The third kappa shape index (κ3) is 4.65. The van der Waals surface area contributed by atoms with E-state index >= 15 is 0 Å². The highest BCUT2D eigenvalue weighted by Gasteiger charge is 2.16. The SMILES string of the molecule is COc1ccc(-c2nnc3ccc(OCCNC(=O)c4ccc(Br)cc4)nn23)c(OC)c1. The van der Waals surface area contributed by atoms with Crippen LogP contribution in [0.3, 0.4) is 0 Å². The summed E-state index contributed by atoms with van der Waals surface area (Å²) in [7, 11) is 3.17. The van der Waals surface area contributed by atoms with Crippen molar-refractivity contribution in [3.8, 4) is 28.8 Å². The van der Waals surface area contributed by atoms with E-state index in [9.17, 15) is 4.79 Å². The summed E-state index contributed by atoms with van der Waals surface area (Å²) in [6, 6.07) is 16.0. The number of carbonyl (C=O) groups excluding carboxylic acids is 1. The minimum atomic E-state index is -0.169. The van der Waals surface area contributed by atoms with Gasteiger partial charge >= 0.3 is 0 Å². The molecule has 0 aliphatic heterocycles. The summed E-state index contributed by atoms with van der Waals surface area (Å²) in [5, 5.41) is 15.7. The summed E-state index contributed by atoms with van der Waals surface area (Å²) in [6.07, 6.45) is 0. The zero-order valence-electron chi connectivity index (χ0n) is 17.4. The first-order valence-corrected chi connectivity index (χ1v) is 10.5. The second kappa shape index (κ2) is 9.65. The van der Waals surface area contributed by atoms with Gasteiger partial charge in [-0.05, 0) is 42.5 Å². The zero-order chi connectivity index (χ0) is 22.5. The fourth-order valence-corrected chi connectivity index (χ4v) is 3.29. The fourth-order valence-electron chi connectivity index (χ4n) is 3.02. The summed E-state index contributed by atoms with van der Waals surface area (Å²) in [6.45, 7) is 0.583. The summed E-state index contributed by atoms with van der Waals surface area (Å²) in [5.74, 6) is 1.97. The third-order valence-electron chi connectivity index (χ3n) is 4.63. The summed E-state index contributed by atoms with van der Waals surface area (Å²) >= 11 is 3.35. The lowest BCUT2D eigenvalue weighted by molar-refractivity contribution is 0.0946. The number of rotatable bonds is 8. The van der Waals surface area contributed by atoms with Crippen molar-refractivity contribution < 1.29 is 19.0 Å². The number of nitrogens with zero attached hydrogens (tertiary/aromatic N) is 4. The second-order valence-electron chi connectivity index (χ2n) is 6.64. The molecule has 0 spiro atoms. The van der Waals surface area contributed by atoms with Crippen LogP contribution in [0.4, 0.5) is 0 Å². The van der Waals surface area contributed by atoms with Crippen LogP contribution < -0.4 is 19.5 Å². The lowest BCUT2D eigenvalue weighted by atomic mass is 10.2. The minimum Gasteiger partial charge on any atom is -0.497 e. The summed E-state index contributed by atoms with van der Waals surface area (Å²) < 4.78 is 18.9. The number of hydrogen-bond acceptors (Lipinski definition) is 7. The smallest absolute Gasteiger partial charge is 0.251 e. The number of benzene rings is 2. The van der Waals surface area contributed by atoms with Crippen LogP contribution in [0.1, 0.15) is 10.4 Å². The van der Waals surface area contributed by atoms with Gasteiger partial charge in [0.25, 0.3) is 5.91 Å². The molecule has 0 radical (unpaired) electrons. The molecule has 0 unspecified atom stereocenters. The normalized spacial score (nSPS) is 10.7. The first-order chi connectivity index (χ1) is 15.6. The maximum absolute atomic E-state index is 12.2. The van der Waals surface area contributed by atoms with Crippen LogP contribution in [0.5, 0.6) is 17.4 Å². The molecule has 4 rings (SSSR count). The Hall–Kier alpha value is -3.66. The first-order valence-electron chi connectivity index (χ1n) is 9.70. The van der Waals surface area contributed by atoms with Gasteiger partial charge in [0.2, 0.25) is 5.88 Å². The number of fused-ring (bicyclic) bond motifs is 1. The van der Waals surface area contributed by atoms with Gasteiger partial charge in [-0.15, -0.1) is 15.3 Å². The number of amides is 1. The van der Waals surface area contributed by atoms with E-state index in [1.807, 2.05) is 24.3 Å². The molecule has 0 saturated heterocycles. The third-order valence-corrected chi connectivity index (χ3v) is 5.16. The molecular formula is C22H20BrN5O4. The van der Waals surface area contributed by atoms with E-state index in [0.717, 1.165) is 4.47 Å². The number of carbonyl (C=O) groups is 1. The van der Waals surface area contributed by atoms with Gasteiger partial charge in [-0.3, -0.25) is 4.79 Å². The minimum absolute atomic E-state index is 0.169. The number of methoxy groups -OCH3 is 2. The van der Waals surface area contributed by atoms with Crippen molar-refractivity contribution in [3.05, 3.63) is 64.6 Å². The summed E-state index contributed by atoms with van der Waals surface area (Å²) in [4.78, 5) is 12.2. The molecule has 0 aliphatic rings. The van der Waals surface area contributed by atoms with E-state index in [4.69, 9.17) is 14.2 Å². The van der Waals surface area contributed by atoms with Crippen LogP contribution in [0.15, 0.2) is 59.1 Å². The zero-order valence-corrected chi connectivity index (χ0v) is 19.0. The molecule has 1 N–H and O–H groups in total. The topological polar surface area (TPSA) is 99.9 Å². The van der Waals surface area contributed by atoms with Gasteiger partial charge in [0.05, 0.1) is 26.3 Å². The van der Waals surface area contributed by atoms with Crippen LogP contribution in [-0.2, 0) is 0 Å². The van der Waals surface area contributed by atoms with Crippen LogP contribution in [0.25, 0.3) is 17.0 Å². The van der Waals surface area contributed by atoms with Crippen molar-refractivity contribution in [2.75, 3.05) is 27.4 Å². The predicted molar refractivity (Wildman–Crippen MR) is 121 cm³/mol. The maximum Gasteiger partial charge on any atom is 0.251 e. The molecule has 0 fully saturated rings. The number of halogens is 1. The van der Waals surface area contributed by atoms with Crippen molar-refractivity contribution in [1.29, 1.82) is 0 Å². The van der Waals surface area contributed by atoms with E-state index in [1.165, 1.54) is 0 Å². The maximum atomic E-state index is 12.2. The molecule has 4 aromatic rings. The van der Waals surface area contributed by atoms with E-state index in [-0.39, 0.29) is 12.5 Å². The van der Waals surface area contributed by atoms with Gasteiger partial charge in [-0.1, -0.05) is 15.9 Å². The molecule has 2 aromatic heterocycles. The van der Waals surface area contributed by atoms with E-state index in [0.29, 0.717) is 46.5 Å². The highest BCUT2D eigenvalue weighted by Crippen LogP contribution is 2.32. The van der Waals surface area contributed by atoms with Crippen LogP contribution >= 0.6 is 15.9 Å². The van der Waals surface area contributed by atoms with Crippen molar-refractivity contribution in [3.63, 3.8) is 0 Å². The molecular weight excluding hydrogens is 478 g/mol. The molecule has 32 heavy (non-hydrogen) atoms. The standard InChI is InChI=1S/C22H20BrN5O4/c1-30-16-7-8-17(18(13-16)31-2)21-26-25-19-9-10-20(27-28(19)21)32-12-11-24-22(29)14-3-5-15(23)6-4-14/h3-10,13H,11-12H2,1-2H3,(H,24,29). The average Bonchev–Trinajstić information content (AvgIpc) is 3.24. The van der Waals surface area contributed by atoms with Gasteiger partial charge in [-0.25, -0.2) is 0 Å². The molecule has 0 bridgehead atoms. The Balaban J connectivity index is 1.45. The second-order valence-corrected chi connectivity index (χ2v) is 7.56. The van der Waals surface area contributed by atoms with E-state index in [1.54, 1.807) is 49.1 Å². The number of nitrogens with one attached hydrogen (secondary N) is 1.